The van der Waals surface area contributed by atoms with E-state index >= 15 is 0 Å². The molecule has 120 valence electrons. The Kier molecular flexibility index (Phi) is 6.11. The van der Waals surface area contributed by atoms with Gasteiger partial charge in [0.15, 0.2) is 0 Å². The van der Waals surface area contributed by atoms with E-state index in [-0.39, 0.29) is 12.8 Å². The maximum Gasteiger partial charge on any atom is 0.303 e. The van der Waals surface area contributed by atoms with Gasteiger partial charge in [0.2, 0.25) is 0 Å². The maximum absolute atomic E-state index is 14.0. The van der Waals surface area contributed by atoms with Gasteiger partial charge in [0, 0.05) is 24.0 Å². The lowest BCUT2D eigenvalue weighted by atomic mass is 10.0. The van der Waals surface area contributed by atoms with E-state index in [2.05, 4.69) is 17.9 Å². The van der Waals surface area contributed by atoms with Gasteiger partial charge in [-0.1, -0.05) is 36.1 Å². The van der Waals surface area contributed by atoms with Crippen LogP contribution in [0, 0.1) is 29.0 Å². The second kappa shape index (κ2) is 8.50. The van der Waals surface area contributed by atoms with Crippen molar-refractivity contribution in [2.45, 2.75) is 25.7 Å². The van der Waals surface area contributed by atoms with E-state index in [0.717, 1.165) is 11.1 Å². The molecular formula is C20H16FNO2. The molecule has 0 bridgehead atoms. The summed E-state index contributed by atoms with van der Waals surface area (Å²) < 4.78 is 14.0. The predicted molar refractivity (Wildman–Crippen MR) is 88.7 cm³/mol. The quantitative estimate of drug-likeness (QED) is 0.854. The molecular weight excluding hydrogens is 305 g/mol. The normalized spacial score (nSPS) is 9.67. The third-order valence-electron chi connectivity index (χ3n) is 3.53. The fourth-order valence-corrected chi connectivity index (χ4v) is 2.26. The highest BCUT2D eigenvalue weighted by Gasteiger charge is 2.05. The van der Waals surface area contributed by atoms with E-state index in [1.165, 1.54) is 6.07 Å². The van der Waals surface area contributed by atoms with Crippen LogP contribution in [0.25, 0.3) is 0 Å². The van der Waals surface area contributed by atoms with Gasteiger partial charge in [-0.3, -0.25) is 4.79 Å². The zero-order chi connectivity index (χ0) is 17.4. The first kappa shape index (κ1) is 17.2. The molecule has 2 aromatic rings. The molecule has 0 atom stereocenters. The van der Waals surface area contributed by atoms with Crippen LogP contribution in [0.3, 0.4) is 0 Å². The molecule has 24 heavy (non-hydrogen) atoms. The van der Waals surface area contributed by atoms with Crippen molar-refractivity contribution in [2.75, 3.05) is 0 Å². The van der Waals surface area contributed by atoms with Gasteiger partial charge in [-0.25, -0.2) is 4.39 Å². The number of nitrogens with zero attached hydrogens (tertiary/aromatic N) is 1. The Hall–Kier alpha value is -3.11. The topological polar surface area (TPSA) is 61.1 Å². The highest BCUT2D eigenvalue weighted by atomic mass is 19.1. The second-order valence-electron chi connectivity index (χ2n) is 5.27. The predicted octanol–water partition coefficient (Wildman–Crippen LogP) is 3.70. The lowest BCUT2D eigenvalue weighted by Crippen LogP contribution is -1.99. The van der Waals surface area contributed by atoms with Gasteiger partial charge in [0.05, 0.1) is 6.07 Å². The number of rotatable bonds is 5. The van der Waals surface area contributed by atoms with Crippen LogP contribution in [0.1, 0.15) is 35.1 Å². The summed E-state index contributed by atoms with van der Waals surface area (Å²) in [4.78, 5) is 10.6. The van der Waals surface area contributed by atoms with Gasteiger partial charge in [-0.15, -0.1) is 0 Å². The number of hydrogen-bond acceptors (Lipinski definition) is 2. The van der Waals surface area contributed by atoms with Crippen molar-refractivity contribution in [3.8, 4) is 17.9 Å². The van der Waals surface area contributed by atoms with E-state index in [0.29, 0.717) is 24.0 Å². The minimum Gasteiger partial charge on any atom is -0.481 e. The smallest absolute Gasteiger partial charge is 0.303 e. The molecule has 0 saturated carbocycles. The second-order valence-corrected chi connectivity index (χ2v) is 5.27. The number of aliphatic carboxylic acids is 1. The molecule has 0 aliphatic carbocycles. The van der Waals surface area contributed by atoms with Crippen LogP contribution < -0.4 is 0 Å². The van der Waals surface area contributed by atoms with Crippen LogP contribution in [-0.4, -0.2) is 11.1 Å². The minimum atomic E-state index is -0.952. The van der Waals surface area contributed by atoms with E-state index in [4.69, 9.17) is 10.4 Å². The Morgan fingerprint density at radius 2 is 1.88 bits per heavy atom. The van der Waals surface area contributed by atoms with Crippen molar-refractivity contribution in [1.29, 1.82) is 5.26 Å². The number of nitriles is 1. The summed E-state index contributed by atoms with van der Waals surface area (Å²) in [6, 6.07) is 14.3. The molecule has 0 radical (unpaired) electrons. The summed E-state index contributed by atoms with van der Waals surface area (Å²) in [5, 5.41) is 17.3. The summed E-state index contributed by atoms with van der Waals surface area (Å²) >= 11 is 0. The molecule has 0 amide bonds. The molecule has 1 N–H and O–H groups in total. The fourth-order valence-electron chi connectivity index (χ4n) is 2.26. The lowest BCUT2D eigenvalue weighted by Gasteiger charge is -2.02. The highest BCUT2D eigenvalue weighted by Crippen LogP contribution is 2.13. The molecule has 4 heteroatoms. The van der Waals surface area contributed by atoms with Gasteiger partial charge in [-0.05, 0) is 42.2 Å². The summed E-state index contributed by atoms with van der Waals surface area (Å²) in [5.41, 5.74) is 2.72. The van der Waals surface area contributed by atoms with Crippen LogP contribution in [0.5, 0.6) is 0 Å². The number of carboxylic acids is 1. The molecule has 0 aromatic heterocycles. The van der Waals surface area contributed by atoms with Crippen molar-refractivity contribution in [3.05, 3.63) is 70.5 Å². The number of carboxylic acid groups (broad SMARTS) is 1. The first-order valence-electron chi connectivity index (χ1n) is 7.57. The van der Waals surface area contributed by atoms with Gasteiger partial charge in [0.25, 0.3) is 0 Å². The molecule has 0 heterocycles. The summed E-state index contributed by atoms with van der Waals surface area (Å²) in [5.74, 6) is 4.54. The summed E-state index contributed by atoms with van der Waals surface area (Å²) in [6.07, 6.45) is 1.11. The third-order valence-corrected chi connectivity index (χ3v) is 3.53. The van der Waals surface area contributed by atoms with E-state index in [1.54, 1.807) is 12.1 Å². The monoisotopic (exact) mass is 321 g/mol. The van der Waals surface area contributed by atoms with E-state index in [1.807, 2.05) is 24.3 Å². The fraction of sp³-hybridized carbons (Fsp3) is 0.200. The van der Waals surface area contributed by atoms with E-state index in [9.17, 15) is 9.18 Å². The lowest BCUT2D eigenvalue weighted by molar-refractivity contribution is -0.136. The average Bonchev–Trinajstić information content (AvgIpc) is 2.57. The third kappa shape index (κ3) is 4.97. The Labute approximate surface area is 140 Å². The van der Waals surface area contributed by atoms with Crippen molar-refractivity contribution in [1.82, 2.24) is 0 Å². The largest absolute Gasteiger partial charge is 0.481 e. The van der Waals surface area contributed by atoms with Crippen LogP contribution in [0.2, 0.25) is 0 Å². The summed E-state index contributed by atoms with van der Waals surface area (Å²) in [6.45, 7) is 0. The van der Waals surface area contributed by atoms with Crippen molar-refractivity contribution < 1.29 is 14.3 Å². The van der Waals surface area contributed by atoms with Crippen LogP contribution >= 0.6 is 0 Å². The van der Waals surface area contributed by atoms with Gasteiger partial charge in [0.1, 0.15) is 5.82 Å². The van der Waals surface area contributed by atoms with Crippen LogP contribution in [0.15, 0.2) is 42.5 Å². The Bertz CT molecular complexity index is 841. The van der Waals surface area contributed by atoms with E-state index < -0.39 is 11.8 Å². The Morgan fingerprint density at radius 3 is 2.58 bits per heavy atom. The number of halogens is 1. The van der Waals surface area contributed by atoms with Crippen LogP contribution in [-0.2, 0) is 17.6 Å². The molecule has 0 unspecified atom stereocenters. The molecule has 0 fully saturated rings. The standard InChI is InChI=1S/C20H16FNO2/c21-19-14-15(8-10-18(19)11-12-20(23)24)7-9-17-5-2-1-4-16(17)6-3-13-22/h1-2,4-5,8,10,14H,3,6,11-12H2,(H,23,24). The number of hydrogen-bond donors (Lipinski definition) is 1. The molecule has 0 saturated heterocycles. The Balaban J connectivity index is 2.18. The number of aryl methyl sites for hydroxylation is 2. The first-order chi connectivity index (χ1) is 11.6. The average molecular weight is 321 g/mol. The van der Waals surface area contributed by atoms with Gasteiger partial charge >= 0.3 is 5.97 Å². The van der Waals surface area contributed by atoms with Crippen molar-refractivity contribution in [2.24, 2.45) is 0 Å². The van der Waals surface area contributed by atoms with Gasteiger partial charge in [-0.2, -0.15) is 5.26 Å². The van der Waals surface area contributed by atoms with Gasteiger partial charge < -0.3 is 5.11 Å². The highest BCUT2D eigenvalue weighted by molar-refractivity contribution is 5.67. The molecule has 0 spiro atoms. The molecule has 2 rings (SSSR count). The first-order valence-corrected chi connectivity index (χ1v) is 7.57. The van der Waals surface area contributed by atoms with Crippen LogP contribution in [0.4, 0.5) is 4.39 Å². The maximum atomic E-state index is 14.0. The zero-order valence-corrected chi connectivity index (χ0v) is 13.1. The minimum absolute atomic E-state index is 0.103. The number of benzene rings is 2. The molecule has 2 aromatic carbocycles. The number of carbonyl (C=O) groups is 1. The van der Waals surface area contributed by atoms with Crippen molar-refractivity contribution >= 4 is 5.97 Å². The SMILES string of the molecule is N#CCCc1ccccc1C#Cc1ccc(CCC(=O)O)c(F)c1. The molecule has 0 aliphatic rings. The molecule has 0 aliphatic heterocycles. The Morgan fingerprint density at radius 1 is 1.08 bits per heavy atom. The zero-order valence-electron chi connectivity index (χ0n) is 13.1. The molecule has 3 nitrogen and oxygen atoms in total. The summed E-state index contributed by atoms with van der Waals surface area (Å²) in [7, 11) is 0. The van der Waals surface area contributed by atoms with Crippen molar-refractivity contribution in [3.63, 3.8) is 0 Å².